The number of benzene rings is 2. The second-order valence-corrected chi connectivity index (χ2v) is 7.19. The van der Waals surface area contributed by atoms with Gasteiger partial charge >= 0.3 is 0 Å². The summed E-state index contributed by atoms with van der Waals surface area (Å²) in [5.41, 5.74) is 3.93. The summed E-state index contributed by atoms with van der Waals surface area (Å²) >= 11 is 0. The number of methoxy groups -OCH3 is 1. The number of hydrogen-bond donors (Lipinski definition) is 2. The van der Waals surface area contributed by atoms with Gasteiger partial charge in [-0.2, -0.15) is 5.10 Å². The molecule has 2 aromatic carbocycles. The van der Waals surface area contributed by atoms with Crippen LogP contribution in [0.25, 0.3) is 21.9 Å². The number of carbonyl (C=O) groups excluding carboxylic acids is 1. The lowest BCUT2D eigenvalue weighted by Crippen LogP contribution is -2.25. The first-order valence-corrected chi connectivity index (χ1v) is 9.56. The number of ether oxygens (including phenoxy) is 1. The van der Waals surface area contributed by atoms with Crippen LogP contribution in [0.1, 0.15) is 28.8 Å². The molecule has 0 saturated heterocycles. The highest BCUT2D eigenvalue weighted by molar-refractivity contribution is 5.97. The molecule has 0 radical (unpaired) electrons. The van der Waals surface area contributed by atoms with Gasteiger partial charge in [-0.25, -0.2) is 0 Å². The van der Waals surface area contributed by atoms with Gasteiger partial charge in [0.05, 0.1) is 12.8 Å². The van der Waals surface area contributed by atoms with Gasteiger partial charge in [0.25, 0.3) is 5.91 Å². The summed E-state index contributed by atoms with van der Waals surface area (Å²) in [5.74, 6) is 0.746. The smallest absolute Gasteiger partial charge is 0.251 e. The van der Waals surface area contributed by atoms with Crippen LogP contribution in [-0.2, 0) is 4.74 Å². The van der Waals surface area contributed by atoms with Crippen LogP contribution in [0, 0.1) is 6.92 Å². The monoisotopic (exact) mass is 376 g/mol. The zero-order valence-corrected chi connectivity index (χ0v) is 16.2. The Labute approximate surface area is 164 Å². The van der Waals surface area contributed by atoms with Gasteiger partial charge in [-0.15, -0.1) is 5.10 Å². The Morgan fingerprint density at radius 3 is 2.86 bits per heavy atom. The Kier molecular flexibility index (Phi) is 5.21. The molecule has 6 nitrogen and oxygen atoms in total. The zero-order chi connectivity index (χ0) is 19.5. The summed E-state index contributed by atoms with van der Waals surface area (Å²) in [6.45, 7) is 3.33. The van der Waals surface area contributed by atoms with E-state index in [1.807, 2.05) is 24.3 Å². The maximum Gasteiger partial charge on any atom is 0.251 e. The van der Waals surface area contributed by atoms with Crippen LogP contribution in [0.2, 0.25) is 0 Å². The number of aryl methyl sites for hydroxylation is 1. The van der Waals surface area contributed by atoms with E-state index in [1.54, 1.807) is 13.3 Å². The van der Waals surface area contributed by atoms with Gasteiger partial charge in [-0.1, -0.05) is 12.1 Å². The molecule has 0 unspecified atom stereocenters. The molecule has 1 aliphatic rings. The molecule has 0 spiro atoms. The Morgan fingerprint density at radius 2 is 2.07 bits per heavy atom. The summed E-state index contributed by atoms with van der Waals surface area (Å²) in [4.78, 5) is 12.4. The number of nitrogens with one attached hydrogen (secondary N) is 2. The van der Waals surface area contributed by atoms with E-state index in [9.17, 15) is 4.79 Å². The largest absolute Gasteiger partial charge is 0.383 e. The number of rotatable bonds is 7. The molecule has 3 aromatic rings. The predicted octanol–water partition coefficient (Wildman–Crippen LogP) is 3.56. The summed E-state index contributed by atoms with van der Waals surface area (Å²) < 4.78 is 5.08. The van der Waals surface area contributed by atoms with Gasteiger partial charge in [0, 0.05) is 36.0 Å². The maximum atomic E-state index is 12.4. The fourth-order valence-corrected chi connectivity index (χ4v) is 3.23. The van der Waals surface area contributed by atoms with Crippen LogP contribution >= 0.6 is 0 Å². The second kappa shape index (κ2) is 7.94. The first kappa shape index (κ1) is 18.4. The molecule has 1 fully saturated rings. The number of hydrogen-bond acceptors (Lipinski definition) is 5. The summed E-state index contributed by atoms with van der Waals surface area (Å²) in [6.07, 6.45) is 3.92. The van der Waals surface area contributed by atoms with Crippen molar-refractivity contribution >= 4 is 22.5 Å². The average molecular weight is 376 g/mol. The number of fused-ring (bicyclic) bond motifs is 1. The van der Waals surface area contributed by atoms with Crippen molar-refractivity contribution in [3.05, 3.63) is 53.7 Å². The molecule has 1 aliphatic carbocycles. The minimum Gasteiger partial charge on any atom is -0.383 e. The first-order chi connectivity index (χ1) is 13.7. The van der Waals surface area contributed by atoms with Crippen LogP contribution in [0.4, 0.5) is 5.82 Å². The van der Waals surface area contributed by atoms with E-state index in [-0.39, 0.29) is 5.91 Å². The molecule has 1 heterocycles. The van der Waals surface area contributed by atoms with Gasteiger partial charge in [-0.05, 0) is 60.7 Å². The molecule has 0 bridgehead atoms. The van der Waals surface area contributed by atoms with Gasteiger partial charge in [0.1, 0.15) is 0 Å². The van der Waals surface area contributed by atoms with Crippen molar-refractivity contribution in [2.24, 2.45) is 0 Å². The number of nitrogens with zero attached hydrogens (tertiary/aromatic N) is 2. The van der Waals surface area contributed by atoms with E-state index in [4.69, 9.17) is 4.74 Å². The van der Waals surface area contributed by atoms with E-state index < -0.39 is 0 Å². The van der Waals surface area contributed by atoms with Crippen LogP contribution in [0.5, 0.6) is 0 Å². The quantitative estimate of drug-likeness (QED) is 0.617. The van der Waals surface area contributed by atoms with E-state index in [1.165, 1.54) is 0 Å². The first-order valence-electron chi connectivity index (χ1n) is 9.56. The standard InChI is InChI=1S/C22H24N4O2/c1-14-3-4-16(22(27)25-18-6-7-18)12-20(14)15-5-8-19-17(11-15)13-24-26-21(19)23-9-10-28-2/h3-5,8,11-13,18H,6-7,9-10H2,1-2H3,(H,23,26)(H,25,27). The second-order valence-electron chi connectivity index (χ2n) is 7.19. The molecule has 4 rings (SSSR count). The third-order valence-corrected chi connectivity index (χ3v) is 4.98. The van der Waals surface area contributed by atoms with Crippen molar-refractivity contribution in [2.75, 3.05) is 25.6 Å². The average Bonchev–Trinajstić information content (AvgIpc) is 3.52. The van der Waals surface area contributed by atoms with Crippen molar-refractivity contribution in [1.29, 1.82) is 0 Å². The lowest BCUT2D eigenvalue weighted by Gasteiger charge is -2.12. The van der Waals surface area contributed by atoms with E-state index in [0.717, 1.165) is 46.1 Å². The molecular weight excluding hydrogens is 352 g/mol. The lowest BCUT2D eigenvalue weighted by atomic mass is 9.96. The molecule has 6 heteroatoms. The molecule has 1 saturated carbocycles. The van der Waals surface area contributed by atoms with Gasteiger partial charge in [0.2, 0.25) is 0 Å². The molecule has 1 amide bonds. The number of aromatic nitrogens is 2. The number of carbonyl (C=O) groups is 1. The Hall–Kier alpha value is -2.99. The molecule has 0 aliphatic heterocycles. The molecule has 28 heavy (non-hydrogen) atoms. The third kappa shape index (κ3) is 3.97. The molecule has 0 atom stereocenters. The van der Waals surface area contributed by atoms with Crippen LogP contribution in [0.15, 0.2) is 42.6 Å². The van der Waals surface area contributed by atoms with Crippen molar-refractivity contribution in [1.82, 2.24) is 15.5 Å². The zero-order valence-electron chi connectivity index (χ0n) is 16.2. The highest BCUT2D eigenvalue weighted by atomic mass is 16.5. The normalized spacial score (nSPS) is 13.5. The van der Waals surface area contributed by atoms with Crippen molar-refractivity contribution in [2.45, 2.75) is 25.8 Å². The predicted molar refractivity (Wildman–Crippen MR) is 111 cm³/mol. The van der Waals surface area contributed by atoms with E-state index >= 15 is 0 Å². The number of anilines is 1. The SMILES string of the molecule is COCCNc1nncc2cc(-c3cc(C(=O)NC4CC4)ccc3C)ccc12. The Morgan fingerprint density at radius 1 is 1.21 bits per heavy atom. The van der Waals surface area contributed by atoms with Gasteiger partial charge in [-0.3, -0.25) is 4.79 Å². The maximum absolute atomic E-state index is 12.4. The fourth-order valence-electron chi connectivity index (χ4n) is 3.23. The molecular formula is C22H24N4O2. The van der Waals surface area contributed by atoms with Crippen molar-refractivity contribution in [3.8, 4) is 11.1 Å². The van der Waals surface area contributed by atoms with Crippen LogP contribution in [-0.4, -0.2) is 42.4 Å². The minimum atomic E-state index is 0.0000326. The Bertz CT molecular complexity index is 1010. The van der Waals surface area contributed by atoms with Gasteiger partial charge in [0.15, 0.2) is 5.82 Å². The molecule has 2 N–H and O–H groups in total. The number of amides is 1. The molecule has 1 aromatic heterocycles. The van der Waals surface area contributed by atoms with Gasteiger partial charge < -0.3 is 15.4 Å². The summed E-state index contributed by atoms with van der Waals surface area (Å²) in [5, 5.41) is 16.6. The summed E-state index contributed by atoms with van der Waals surface area (Å²) in [7, 11) is 1.67. The molecule has 144 valence electrons. The van der Waals surface area contributed by atoms with E-state index in [2.05, 4.69) is 39.9 Å². The topological polar surface area (TPSA) is 76.1 Å². The highest BCUT2D eigenvalue weighted by Gasteiger charge is 2.24. The lowest BCUT2D eigenvalue weighted by molar-refractivity contribution is 0.0951. The summed E-state index contributed by atoms with van der Waals surface area (Å²) in [6, 6.07) is 12.4. The van der Waals surface area contributed by atoms with Crippen LogP contribution < -0.4 is 10.6 Å². The highest BCUT2D eigenvalue weighted by Crippen LogP contribution is 2.30. The third-order valence-electron chi connectivity index (χ3n) is 4.98. The minimum absolute atomic E-state index is 0.0000326. The fraction of sp³-hybridized carbons (Fsp3) is 0.318. The Balaban J connectivity index is 1.66. The van der Waals surface area contributed by atoms with Crippen molar-refractivity contribution < 1.29 is 9.53 Å². The van der Waals surface area contributed by atoms with E-state index in [0.29, 0.717) is 24.8 Å². The van der Waals surface area contributed by atoms with Crippen LogP contribution in [0.3, 0.4) is 0 Å². The van der Waals surface area contributed by atoms with Crippen molar-refractivity contribution in [3.63, 3.8) is 0 Å².